The van der Waals surface area contributed by atoms with E-state index < -0.39 is 19.1 Å². The van der Waals surface area contributed by atoms with Crippen LogP contribution in [0.5, 0.6) is 0 Å². The van der Waals surface area contributed by atoms with Crippen LogP contribution in [0.1, 0.15) is 41.5 Å². The summed E-state index contributed by atoms with van der Waals surface area (Å²) < 4.78 is 27.8. The Bertz CT molecular complexity index is 298. The highest BCUT2D eigenvalue weighted by molar-refractivity contribution is 7.53. The summed E-state index contributed by atoms with van der Waals surface area (Å²) >= 11 is 0. The molecule has 0 bridgehead atoms. The molecule has 0 saturated carbocycles. The van der Waals surface area contributed by atoms with E-state index in [0.717, 1.165) is 0 Å². The van der Waals surface area contributed by atoms with Gasteiger partial charge in [-0.2, -0.15) is 0 Å². The first-order chi connectivity index (χ1) is 8.13. The lowest BCUT2D eigenvalue weighted by molar-refractivity contribution is -0.158. The average Bonchev–Trinajstić information content (AvgIpc) is 2.14. The molecule has 108 valence electrons. The minimum absolute atomic E-state index is 0.0452. The first-order valence-corrected chi connectivity index (χ1v) is 7.97. The number of hydrogen-bond acceptors (Lipinski definition) is 5. The molecule has 0 aliphatic carbocycles. The van der Waals surface area contributed by atoms with Gasteiger partial charge in [0.05, 0.1) is 25.3 Å². The van der Waals surface area contributed by atoms with Crippen LogP contribution >= 0.6 is 7.60 Å². The summed E-state index contributed by atoms with van der Waals surface area (Å²) in [4.78, 5) is 11.8. The zero-order valence-electron chi connectivity index (χ0n) is 12.2. The second kappa shape index (κ2) is 7.27. The van der Waals surface area contributed by atoms with Gasteiger partial charge in [0.15, 0.2) is 0 Å². The minimum atomic E-state index is -3.20. The predicted octanol–water partition coefficient (Wildman–Crippen LogP) is 3.23. The van der Waals surface area contributed by atoms with Crippen LogP contribution in [-0.2, 0) is 23.1 Å². The zero-order valence-corrected chi connectivity index (χ0v) is 13.1. The van der Waals surface area contributed by atoms with Gasteiger partial charge in [-0.1, -0.05) is 6.92 Å². The van der Waals surface area contributed by atoms with E-state index in [0.29, 0.717) is 0 Å². The molecule has 0 aromatic rings. The molecule has 0 radical (unpaired) electrons. The Hall–Kier alpha value is -0.380. The SMILES string of the molecule is CCOP(=O)(CC(C)C(=O)OC(C)(C)C)OCC. The summed E-state index contributed by atoms with van der Waals surface area (Å²) in [6, 6.07) is 0. The van der Waals surface area contributed by atoms with Crippen LogP contribution in [0.3, 0.4) is 0 Å². The third-order valence-corrected chi connectivity index (χ3v) is 4.26. The molecule has 0 fully saturated rings. The number of carbonyl (C=O) groups excluding carboxylic acids is 1. The summed E-state index contributed by atoms with van der Waals surface area (Å²) in [7, 11) is -3.20. The van der Waals surface area contributed by atoms with E-state index in [-0.39, 0.29) is 25.3 Å². The molecule has 0 rings (SSSR count). The fourth-order valence-corrected chi connectivity index (χ4v) is 3.24. The first-order valence-electron chi connectivity index (χ1n) is 6.24. The lowest BCUT2D eigenvalue weighted by Crippen LogP contribution is -2.29. The van der Waals surface area contributed by atoms with Gasteiger partial charge in [-0.3, -0.25) is 9.36 Å². The monoisotopic (exact) mass is 280 g/mol. The Morgan fingerprint density at radius 3 is 1.94 bits per heavy atom. The van der Waals surface area contributed by atoms with Gasteiger partial charge < -0.3 is 13.8 Å². The van der Waals surface area contributed by atoms with E-state index in [2.05, 4.69) is 0 Å². The van der Waals surface area contributed by atoms with Crippen LogP contribution in [-0.4, -0.2) is 30.9 Å². The Kier molecular flexibility index (Phi) is 7.11. The van der Waals surface area contributed by atoms with Crippen molar-refractivity contribution in [1.82, 2.24) is 0 Å². The van der Waals surface area contributed by atoms with Crippen LogP contribution in [0, 0.1) is 5.92 Å². The van der Waals surface area contributed by atoms with Crippen molar-refractivity contribution in [3.8, 4) is 0 Å². The Morgan fingerprint density at radius 1 is 1.17 bits per heavy atom. The van der Waals surface area contributed by atoms with Gasteiger partial charge in [0.25, 0.3) is 0 Å². The molecule has 0 aromatic carbocycles. The van der Waals surface area contributed by atoms with Crippen molar-refractivity contribution < 1.29 is 23.1 Å². The fourth-order valence-electron chi connectivity index (χ4n) is 1.35. The van der Waals surface area contributed by atoms with Crippen molar-refractivity contribution in [2.24, 2.45) is 5.92 Å². The van der Waals surface area contributed by atoms with Gasteiger partial charge in [-0.25, -0.2) is 0 Å². The number of rotatable bonds is 7. The number of ether oxygens (including phenoxy) is 1. The van der Waals surface area contributed by atoms with Gasteiger partial charge in [0.1, 0.15) is 5.60 Å². The Morgan fingerprint density at radius 2 is 1.61 bits per heavy atom. The number of carbonyl (C=O) groups is 1. The molecule has 0 aliphatic rings. The lowest BCUT2D eigenvalue weighted by Gasteiger charge is -2.24. The molecule has 0 N–H and O–H groups in total. The van der Waals surface area contributed by atoms with E-state index >= 15 is 0 Å². The average molecular weight is 280 g/mol. The molecule has 5 nitrogen and oxygen atoms in total. The van der Waals surface area contributed by atoms with Crippen molar-refractivity contribution in [1.29, 1.82) is 0 Å². The molecule has 6 heteroatoms. The molecule has 0 spiro atoms. The highest BCUT2D eigenvalue weighted by Crippen LogP contribution is 2.49. The normalized spacial score (nSPS) is 14.3. The molecule has 0 saturated heterocycles. The molecule has 0 aliphatic heterocycles. The molecule has 18 heavy (non-hydrogen) atoms. The molecule has 1 unspecified atom stereocenters. The maximum atomic E-state index is 12.2. The predicted molar refractivity (Wildman–Crippen MR) is 70.7 cm³/mol. The van der Waals surface area contributed by atoms with Crippen molar-refractivity contribution >= 4 is 13.6 Å². The Labute approximate surface area is 110 Å². The largest absolute Gasteiger partial charge is 0.460 e. The summed E-state index contributed by atoms with van der Waals surface area (Å²) in [5.74, 6) is -0.907. The van der Waals surface area contributed by atoms with Crippen molar-refractivity contribution in [2.75, 3.05) is 19.4 Å². The summed E-state index contributed by atoms with van der Waals surface area (Å²) in [6.07, 6.45) is 0.0452. The lowest BCUT2D eigenvalue weighted by atomic mass is 10.1. The van der Waals surface area contributed by atoms with E-state index in [1.165, 1.54) is 0 Å². The van der Waals surface area contributed by atoms with Crippen molar-refractivity contribution in [3.05, 3.63) is 0 Å². The number of esters is 1. The highest BCUT2D eigenvalue weighted by atomic mass is 31.2. The molecule has 0 aromatic heterocycles. The fraction of sp³-hybridized carbons (Fsp3) is 0.917. The molecular weight excluding hydrogens is 255 g/mol. The smallest absolute Gasteiger partial charge is 0.331 e. The Balaban J connectivity index is 4.55. The maximum Gasteiger partial charge on any atom is 0.331 e. The van der Waals surface area contributed by atoms with Gasteiger partial charge in [-0.05, 0) is 34.6 Å². The van der Waals surface area contributed by atoms with Gasteiger partial charge in [0, 0.05) is 0 Å². The maximum absolute atomic E-state index is 12.2. The van der Waals surface area contributed by atoms with Crippen LogP contribution in [0.25, 0.3) is 0 Å². The van der Waals surface area contributed by atoms with E-state index in [1.54, 1.807) is 41.5 Å². The summed E-state index contributed by atoms with van der Waals surface area (Å²) in [5, 5.41) is 0. The van der Waals surface area contributed by atoms with Crippen LogP contribution in [0.2, 0.25) is 0 Å². The van der Waals surface area contributed by atoms with E-state index in [9.17, 15) is 9.36 Å². The van der Waals surface area contributed by atoms with Crippen LogP contribution in [0.4, 0.5) is 0 Å². The second-order valence-corrected chi connectivity index (χ2v) is 7.17. The van der Waals surface area contributed by atoms with Gasteiger partial charge >= 0.3 is 13.6 Å². The molecule has 0 amide bonds. The zero-order chi connectivity index (χ0) is 14.4. The third kappa shape index (κ3) is 7.14. The third-order valence-electron chi connectivity index (χ3n) is 1.96. The molecule has 1 atom stereocenters. The van der Waals surface area contributed by atoms with E-state index in [1.807, 2.05) is 0 Å². The molecule has 0 heterocycles. The standard InChI is InChI=1S/C12H25O5P/c1-7-15-18(14,16-8-2)9-10(3)11(13)17-12(4,5)6/h10H,7-9H2,1-6H3. The first kappa shape index (κ1) is 17.6. The summed E-state index contributed by atoms with van der Waals surface area (Å²) in [6.45, 7) is 11.1. The topological polar surface area (TPSA) is 61.8 Å². The van der Waals surface area contributed by atoms with E-state index in [4.69, 9.17) is 13.8 Å². The van der Waals surface area contributed by atoms with Gasteiger partial charge in [0.2, 0.25) is 0 Å². The number of hydrogen-bond donors (Lipinski definition) is 0. The van der Waals surface area contributed by atoms with Crippen LogP contribution < -0.4 is 0 Å². The quantitative estimate of drug-likeness (QED) is 0.529. The second-order valence-electron chi connectivity index (χ2n) is 5.06. The highest BCUT2D eigenvalue weighted by Gasteiger charge is 2.32. The summed E-state index contributed by atoms with van der Waals surface area (Å²) in [5.41, 5.74) is -0.549. The van der Waals surface area contributed by atoms with Crippen molar-refractivity contribution in [3.63, 3.8) is 0 Å². The van der Waals surface area contributed by atoms with Crippen molar-refractivity contribution in [2.45, 2.75) is 47.1 Å². The van der Waals surface area contributed by atoms with Gasteiger partial charge in [-0.15, -0.1) is 0 Å². The molecular formula is C12H25O5P. The van der Waals surface area contributed by atoms with Crippen LogP contribution in [0.15, 0.2) is 0 Å². The minimum Gasteiger partial charge on any atom is -0.460 e.